The zero-order valence-electron chi connectivity index (χ0n) is 19.6. The zero-order valence-corrected chi connectivity index (χ0v) is 19.6. The van der Waals surface area contributed by atoms with E-state index in [-0.39, 0.29) is 0 Å². The number of amidine groups is 2. The van der Waals surface area contributed by atoms with Crippen LogP contribution in [0.15, 0.2) is 58.5 Å². The lowest BCUT2D eigenvalue weighted by Gasteiger charge is -2.34. The monoisotopic (exact) mass is 439 g/mol. The van der Waals surface area contributed by atoms with Crippen LogP contribution in [-0.2, 0) is 0 Å². The summed E-state index contributed by atoms with van der Waals surface area (Å²) >= 11 is 0. The van der Waals surface area contributed by atoms with Gasteiger partial charge in [0.25, 0.3) is 0 Å². The van der Waals surface area contributed by atoms with E-state index in [1.807, 2.05) is 0 Å². The van der Waals surface area contributed by atoms with Gasteiger partial charge in [0.1, 0.15) is 17.4 Å². The maximum absolute atomic E-state index is 5.52. The normalized spacial score (nSPS) is 22.5. The van der Waals surface area contributed by atoms with E-state index >= 15 is 0 Å². The van der Waals surface area contributed by atoms with Crippen molar-refractivity contribution in [2.24, 2.45) is 9.98 Å². The maximum atomic E-state index is 5.52. The Morgan fingerprint density at radius 3 is 2.24 bits per heavy atom. The molecule has 0 saturated heterocycles. The van der Waals surface area contributed by atoms with E-state index in [2.05, 4.69) is 53.4 Å². The third-order valence-corrected chi connectivity index (χ3v) is 7.75. The Balaban J connectivity index is 1.54. The Morgan fingerprint density at radius 1 is 0.818 bits per heavy atom. The van der Waals surface area contributed by atoms with E-state index < -0.39 is 0 Å². The van der Waals surface area contributed by atoms with Gasteiger partial charge in [0.2, 0.25) is 0 Å². The van der Waals surface area contributed by atoms with Crippen molar-refractivity contribution in [3.63, 3.8) is 0 Å². The minimum absolute atomic E-state index is 0.420. The fourth-order valence-electron chi connectivity index (χ4n) is 6.05. The predicted molar refractivity (Wildman–Crippen MR) is 136 cm³/mol. The van der Waals surface area contributed by atoms with Gasteiger partial charge in [-0.3, -0.25) is 4.99 Å². The highest BCUT2D eigenvalue weighted by molar-refractivity contribution is 6.53. The second kappa shape index (κ2) is 8.81. The number of ether oxygens (including phenoxy) is 1. The summed E-state index contributed by atoms with van der Waals surface area (Å²) in [4.78, 5) is 13.3. The molecule has 6 rings (SSSR count). The average molecular weight is 440 g/mol. The van der Waals surface area contributed by atoms with Crippen molar-refractivity contribution in [1.29, 1.82) is 0 Å². The Morgan fingerprint density at radius 2 is 1.52 bits per heavy atom. The van der Waals surface area contributed by atoms with Gasteiger partial charge in [-0.15, -0.1) is 0 Å². The summed E-state index contributed by atoms with van der Waals surface area (Å²) < 4.78 is 5.46. The van der Waals surface area contributed by atoms with Crippen LogP contribution in [0, 0.1) is 0 Å². The SMILES string of the molecule is COc1ccc(C2=C3C(=Nc4ccccc43)N(C3CCCCC3)C2=NC2CCCCC2)cc1. The van der Waals surface area contributed by atoms with Gasteiger partial charge in [0.05, 0.1) is 18.8 Å². The molecule has 170 valence electrons. The summed E-state index contributed by atoms with van der Waals surface area (Å²) in [6, 6.07) is 18.1. The molecule has 0 unspecified atom stereocenters. The molecule has 0 amide bonds. The highest BCUT2D eigenvalue weighted by Crippen LogP contribution is 2.47. The second-order valence-corrected chi connectivity index (χ2v) is 9.84. The van der Waals surface area contributed by atoms with Crippen LogP contribution >= 0.6 is 0 Å². The molecule has 2 aromatic carbocycles. The minimum Gasteiger partial charge on any atom is -0.497 e. The number of fused-ring (bicyclic) bond motifs is 3. The van der Waals surface area contributed by atoms with Crippen molar-refractivity contribution in [2.75, 3.05) is 7.11 Å². The van der Waals surface area contributed by atoms with Crippen LogP contribution < -0.4 is 4.74 Å². The maximum Gasteiger partial charge on any atom is 0.143 e. The standard InChI is InChI=1S/C29H33N3O/c1-33-23-18-16-20(17-19-23)26-27-24-14-8-9-15-25(24)31-29(27)32(22-12-6-3-7-13-22)28(26)30-21-10-4-2-5-11-21/h8-9,14-19,21-22H,2-7,10-13H2,1H3. The van der Waals surface area contributed by atoms with Crippen LogP contribution in [0.1, 0.15) is 75.3 Å². The molecule has 4 aliphatic rings. The number of aliphatic imine (C=N–C) groups is 2. The van der Waals surface area contributed by atoms with Crippen LogP contribution in [0.5, 0.6) is 5.75 Å². The first-order valence-corrected chi connectivity index (χ1v) is 12.8. The molecule has 0 radical (unpaired) electrons. The lowest BCUT2D eigenvalue weighted by atomic mass is 9.93. The second-order valence-electron chi connectivity index (χ2n) is 9.84. The van der Waals surface area contributed by atoms with Gasteiger partial charge in [-0.05, 0) is 49.4 Å². The van der Waals surface area contributed by atoms with Gasteiger partial charge in [0.15, 0.2) is 0 Å². The van der Waals surface area contributed by atoms with E-state index in [1.165, 1.54) is 92.3 Å². The largest absolute Gasteiger partial charge is 0.497 e. The molecule has 2 fully saturated rings. The molecule has 0 spiro atoms. The van der Waals surface area contributed by atoms with Crippen molar-refractivity contribution in [3.8, 4) is 5.75 Å². The Bertz CT molecular complexity index is 1120. The van der Waals surface area contributed by atoms with Gasteiger partial charge >= 0.3 is 0 Å². The number of hydrogen-bond donors (Lipinski definition) is 0. The summed E-state index contributed by atoms with van der Waals surface area (Å²) in [5, 5.41) is 0. The van der Waals surface area contributed by atoms with Gasteiger partial charge in [-0.25, -0.2) is 4.99 Å². The molecule has 4 heteroatoms. The molecule has 2 aliphatic heterocycles. The molecule has 0 atom stereocenters. The molecule has 2 saturated carbocycles. The number of rotatable bonds is 4. The van der Waals surface area contributed by atoms with E-state index in [4.69, 9.17) is 14.7 Å². The molecule has 2 heterocycles. The first kappa shape index (κ1) is 20.7. The van der Waals surface area contributed by atoms with Crippen LogP contribution in [0.2, 0.25) is 0 Å². The molecule has 2 aromatic rings. The fourth-order valence-corrected chi connectivity index (χ4v) is 6.05. The predicted octanol–water partition coefficient (Wildman–Crippen LogP) is 7.03. The Labute approximate surface area is 197 Å². The molecule has 2 aliphatic carbocycles. The van der Waals surface area contributed by atoms with E-state index in [0.29, 0.717) is 12.1 Å². The molecule has 4 nitrogen and oxygen atoms in total. The summed E-state index contributed by atoms with van der Waals surface area (Å²) in [5.74, 6) is 3.18. The first-order valence-electron chi connectivity index (χ1n) is 12.8. The van der Waals surface area contributed by atoms with Crippen molar-refractivity contribution in [1.82, 2.24) is 4.90 Å². The Kier molecular flexibility index (Phi) is 5.53. The van der Waals surface area contributed by atoms with E-state index in [1.54, 1.807) is 7.11 Å². The van der Waals surface area contributed by atoms with Crippen LogP contribution in [-0.4, -0.2) is 35.8 Å². The molecular formula is C29H33N3O. The van der Waals surface area contributed by atoms with Crippen LogP contribution in [0.25, 0.3) is 11.1 Å². The molecule has 0 N–H and O–H groups in total. The number of benzene rings is 2. The molecule has 33 heavy (non-hydrogen) atoms. The third-order valence-electron chi connectivity index (χ3n) is 7.75. The van der Waals surface area contributed by atoms with Crippen molar-refractivity contribution in [3.05, 3.63) is 59.7 Å². The quantitative estimate of drug-likeness (QED) is 0.513. The van der Waals surface area contributed by atoms with Gasteiger partial charge in [-0.2, -0.15) is 0 Å². The molecular weight excluding hydrogens is 406 g/mol. The summed E-state index contributed by atoms with van der Waals surface area (Å²) in [6.07, 6.45) is 12.7. The molecule has 0 aromatic heterocycles. The summed E-state index contributed by atoms with van der Waals surface area (Å²) in [7, 11) is 1.73. The number of hydrogen-bond acceptors (Lipinski definition) is 3. The number of methoxy groups -OCH3 is 1. The number of nitrogens with zero attached hydrogens (tertiary/aromatic N) is 3. The summed E-state index contributed by atoms with van der Waals surface area (Å²) in [5.41, 5.74) is 6.08. The minimum atomic E-state index is 0.420. The number of para-hydroxylation sites is 1. The zero-order chi connectivity index (χ0) is 22.2. The fraction of sp³-hybridized carbons (Fsp3) is 0.448. The van der Waals surface area contributed by atoms with Gasteiger partial charge in [-0.1, -0.05) is 68.9 Å². The van der Waals surface area contributed by atoms with Gasteiger partial charge < -0.3 is 9.64 Å². The third kappa shape index (κ3) is 3.70. The topological polar surface area (TPSA) is 37.2 Å². The first-order chi connectivity index (χ1) is 16.3. The van der Waals surface area contributed by atoms with Gasteiger partial charge in [0, 0.05) is 22.8 Å². The smallest absolute Gasteiger partial charge is 0.143 e. The van der Waals surface area contributed by atoms with Crippen molar-refractivity contribution >= 4 is 28.5 Å². The highest BCUT2D eigenvalue weighted by Gasteiger charge is 2.43. The molecule has 0 bridgehead atoms. The van der Waals surface area contributed by atoms with Crippen LogP contribution in [0.3, 0.4) is 0 Å². The average Bonchev–Trinajstić information content (AvgIpc) is 3.39. The lowest BCUT2D eigenvalue weighted by molar-refractivity contribution is 0.323. The van der Waals surface area contributed by atoms with E-state index in [9.17, 15) is 0 Å². The summed E-state index contributed by atoms with van der Waals surface area (Å²) in [6.45, 7) is 0. The highest BCUT2D eigenvalue weighted by atomic mass is 16.5. The van der Waals surface area contributed by atoms with Crippen molar-refractivity contribution < 1.29 is 4.74 Å². The Hall–Kier alpha value is -2.88. The van der Waals surface area contributed by atoms with E-state index in [0.717, 1.165) is 17.3 Å². The van der Waals surface area contributed by atoms with Crippen LogP contribution in [0.4, 0.5) is 5.69 Å². The van der Waals surface area contributed by atoms with Crippen molar-refractivity contribution in [2.45, 2.75) is 76.3 Å². The lowest BCUT2D eigenvalue weighted by Crippen LogP contribution is -2.42.